The van der Waals surface area contributed by atoms with Gasteiger partial charge in [-0.2, -0.15) is 0 Å². The molecule has 3 aromatic rings. The summed E-state index contributed by atoms with van der Waals surface area (Å²) in [4.78, 5) is 28.9. The van der Waals surface area contributed by atoms with Crippen molar-refractivity contribution in [2.45, 2.75) is 64.1 Å². The second-order valence-electron chi connectivity index (χ2n) is 9.65. The average Bonchev–Trinajstić information content (AvgIpc) is 2.94. The van der Waals surface area contributed by atoms with Crippen molar-refractivity contribution in [3.8, 4) is 0 Å². The molecule has 0 aliphatic carbocycles. The van der Waals surface area contributed by atoms with Crippen LogP contribution in [-0.2, 0) is 26.2 Å². The molecule has 3 aromatic carbocycles. The number of nitrogens with one attached hydrogen (secondary N) is 1. The minimum Gasteiger partial charge on any atom is -0.352 e. The van der Waals surface area contributed by atoms with Gasteiger partial charge in [-0.3, -0.25) is 13.9 Å². The molecule has 1 N–H and O–H groups in total. The Labute approximate surface area is 247 Å². The van der Waals surface area contributed by atoms with Crippen molar-refractivity contribution in [3.63, 3.8) is 0 Å². The molecule has 7 nitrogen and oxygen atoms in total. The van der Waals surface area contributed by atoms with Gasteiger partial charge in [0.15, 0.2) is 0 Å². The van der Waals surface area contributed by atoms with Crippen molar-refractivity contribution in [2.75, 3.05) is 10.8 Å². The van der Waals surface area contributed by atoms with Gasteiger partial charge in [-0.25, -0.2) is 8.42 Å². The molecule has 3 rings (SSSR count). The van der Waals surface area contributed by atoms with Crippen LogP contribution in [0.15, 0.2) is 77.7 Å². The SMILES string of the molecule is CC[C@@H](C)NC(=O)[C@@H](CC)N(Cc1ccc(C)cc1)C(=O)CN(c1cccc(Cl)c1Cl)S(=O)(=O)c1ccccc1. The van der Waals surface area contributed by atoms with E-state index >= 15 is 0 Å². The van der Waals surface area contributed by atoms with Crippen LogP contribution < -0.4 is 9.62 Å². The number of carbonyl (C=O) groups excluding carboxylic acids is 2. The van der Waals surface area contributed by atoms with Crippen LogP contribution >= 0.6 is 23.2 Å². The third-order valence-electron chi connectivity index (χ3n) is 6.67. The lowest BCUT2D eigenvalue weighted by Crippen LogP contribution is -2.53. The van der Waals surface area contributed by atoms with Crippen molar-refractivity contribution in [2.24, 2.45) is 0 Å². The molecule has 0 bridgehead atoms. The fraction of sp³-hybridized carbons (Fsp3) is 0.333. The predicted octanol–water partition coefficient (Wildman–Crippen LogP) is 6.22. The highest BCUT2D eigenvalue weighted by Crippen LogP contribution is 2.35. The van der Waals surface area contributed by atoms with Crippen molar-refractivity contribution < 1.29 is 18.0 Å². The fourth-order valence-electron chi connectivity index (χ4n) is 4.17. The van der Waals surface area contributed by atoms with Crippen LogP contribution in [0.1, 0.15) is 44.7 Å². The van der Waals surface area contributed by atoms with Crippen LogP contribution in [-0.4, -0.2) is 43.8 Å². The van der Waals surface area contributed by atoms with Crippen molar-refractivity contribution in [1.29, 1.82) is 0 Å². The molecule has 0 aliphatic heterocycles. The fourth-order valence-corrected chi connectivity index (χ4v) is 6.06. The van der Waals surface area contributed by atoms with E-state index in [0.717, 1.165) is 21.9 Å². The Morgan fingerprint density at radius 1 is 0.900 bits per heavy atom. The highest BCUT2D eigenvalue weighted by Gasteiger charge is 2.34. The first-order valence-electron chi connectivity index (χ1n) is 13.2. The molecule has 0 aliphatic rings. The summed E-state index contributed by atoms with van der Waals surface area (Å²) in [5.74, 6) is -0.849. The zero-order chi connectivity index (χ0) is 29.4. The Bertz CT molecular complexity index is 1420. The summed E-state index contributed by atoms with van der Waals surface area (Å²) in [5.41, 5.74) is 1.93. The summed E-state index contributed by atoms with van der Waals surface area (Å²) in [6.07, 6.45) is 1.06. The van der Waals surface area contributed by atoms with Crippen LogP contribution in [0.5, 0.6) is 0 Å². The molecule has 2 atom stereocenters. The van der Waals surface area contributed by atoms with Gasteiger partial charge in [0.1, 0.15) is 12.6 Å². The largest absolute Gasteiger partial charge is 0.352 e. The summed E-state index contributed by atoms with van der Waals surface area (Å²) in [5, 5.41) is 3.12. The topological polar surface area (TPSA) is 86.8 Å². The van der Waals surface area contributed by atoms with E-state index in [0.29, 0.717) is 6.42 Å². The van der Waals surface area contributed by atoms with Gasteiger partial charge in [0, 0.05) is 12.6 Å². The van der Waals surface area contributed by atoms with Crippen LogP contribution in [0.2, 0.25) is 10.0 Å². The number of carbonyl (C=O) groups is 2. The van der Waals surface area contributed by atoms with Gasteiger partial charge in [-0.1, -0.05) is 91.1 Å². The van der Waals surface area contributed by atoms with E-state index in [4.69, 9.17) is 23.2 Å². The number of anilines is 1. The number of sulfonamides is 1. The number of halogens is 2. The normalized spacial score (nSPS) is 12.8. The number of aryl methyl sites for hydroxylation is 1. The lowest BCUT2D eigenvalue weighted by atomic mass is 10.1. The van der Waals surface area contributed by atoms with Crippen LogP contribution in [0.25, 0.3) is 0 Å². The quantitative estimate of drug-likeness (QED) is 0.266. The number of nitrogens with zero attached hydrogens (tertiary/aromatic N) is 2. The van der Waals surface area contributed by atoms with Gasteiger partial charge in [0.25, 0.3) is 10.0 Å². The van der Waals surface area contributed by atoms with Gasteiger partial charge in [0.05, 0.1) is 20.6 Å². The Kier molecular flexibility index (Phi) is 11.0. The molecule has 0 aromatic heterocycles. The van der Waals surface area contributed by atoms with E-state index in [1.807, 2.05) is 52.0 Å². The predicted molar refractivity (Wildman–Crippen MR) is 161 cm³/mol. The van der Waals surface area contributed by atoms with E-state index in [9.17, 15) is 18.0 Å². The molecule has 40 heavy (non-hydrogen) atoms. The minimum absolute atomic E-state index is 0.00288. The second kappa shape index (κ2) is 14.0. The maximum Gasteiger partial charge on any atom is 0.264 e. The van der Waals surface area contributed by atoms with E-state index < -0.39 is 28.5 Å². The van der Waals surface area contributed by atoms with E-state index in [-0.39, 0.29) is 39.1 Å². The maximum atomic E-state index is 14.1. The summed E-state index contributed by atoms with van der Waals surface area (Å²) >= 11 is 12.7. The standard InChI is InChI=1S/C30H35Cl2N3O4S/c1-5-22(4)33-30(37)26(6-2)34(19-23-17-15-21(3)16-18-23)28(36)20-35(27-14-10-13-25(31)29(27)32)40(38,39)24-11-8-7-9-12-24/h7-18,22,26H,5-6,19-20H2,1-4H3,(H,33,37)/t22-,26-/m1/s1. The lowest BCUT2D eigenvalue weighted by Gasteiger charge is -2.34. The molecule has 0 heterocycles. The third-order valence-corrected chi connectivity index (χ3v) is 9.25. The molecule has 0 spiro atoms. The number of rotatable bonds is 12. The average molecular weight is 605 g/mol. The smallest absolute Gasteiger partial charge is 0.264 e. The zero-order valence-electron chi connectivity index (χ0n) is 23.1. The number of hydrogen-bond acceptors (Lipinski definition) is 4. The molecule has 214 valence electrons. The highest BCUT2D eigenvalue weighted by atomic mass is 35.5. The Morgan fingerprint density at radius 3 is 2.15 bits per heavy atom. The van der Waals surface area contributed by atoms with E-state index in [1.54, 1.807) is 30.3 Å². The molecule has 0 radical (unpaired) electrons. The monoisotopic (exact) mass is 603 g/mol. The number of benzene rings is 3. The molecule has 0 fully saturated rings. The molecule has 0 unspecified atom stereocenters. The first kappa shape index (κ1) is 31.5. The molecule has 2 amide bonds. The van der Waals surface area contributed by atoms with Crippen molar-refractivity contribution in [3.05, 3.63) is 94.0 Å². The van der Waals surface area contributed by atoms with Crippen molar-refractivity contribution >= 4 is 50.7 Å². The Morgan fingerprint density at radius 2 is 1.55 bits per heavy atom. The summed E-state index contributed by atoms with van der Waals surface area (Å²) < 4.78 is 28.7. The maximum absolute atomic E-state index is 14.1. The third kappa shape index (κ3) is 7.56. The molecular formula is C30H35Cl2N3O4S. The van der Waals surface area contributed by atoms with Gasteiger partial charge < -0.3 is 10.2 Å². The highest BCUT2D eigenvalue weighted by molar-refractivity contribution is 7.92. The van der Waals surface area contributed by atoms with Gasteiger partial charge in [-0.05, 0) is 56.5 Å². The first-order valence-corrected chi connectivity index (χ1v) is 15.4. The first-order chi connectivity index (χ1) is 19.0. The molecular weight excluding hydrogens is 569 g/mol. The minimum atomic E-state index is -4.23. The van der Waals surface area contributed by atoms with Gasteiger partial charge >= 0.3 is 0 Å². The summed E-state index contributed by atoms with van der Waals surface area (Å²) in [7, 11) is -4.23. The lowest BCUT2D eigenvalue weighted by molar-refractivity contribution is -0.140. The summed E-state index contributed by atoms with van der Waals surface area (Å²) in [6, 6.07) is 19.1. The zero-order valence-corrected chi connectivity index (χ0v) is 25.4. The summed E-state index contributed by atoms with van der Waals surface area (Å²) in [6.45, 7) is 7.17. The van der Waals surface area contributed by atoms with Crippen LogP contribution in [0.4, 0.5) is 5.69 Å². The Hall–Kier alpha value is -3.07. The number of amides is 2. The second-order valence-corrected chi connectivity index (χ2v) is 12.3. The van der Waals surface area contributed by atoms with Gasteiger partial charge in [-0.15, -0.1) is 0 Å². The Balaban J connectivity index is 2.08. The molecule has 10 heteroatoms. The van der Waals surface area contributed by atoms with E-state index in [1.165, 1.54) is 23.1 Å². The van der Waals surface area contributed by atoms with Gasteiger partial charge in [0.2, 0.25) is 11.8 Å². The number of hydrogen-bond donors (Lipinski definition) is 1. The molecule has 0 saturated heterocycles. The van der Waals surface area contributed by atoms with Crippen LogP contribution in [0.3, 0.4) is 0 Å². The molecule has 0 saturated carbocycles. The van der Waals surface area contributed by atoms with Crippen molar-refractivity contribution in [1.82, 2.24) is 10.2 Å². The van der Waals surface area contributed by atoms with Crippen LogP contribution in [0, 0.1) is 6.92 Å². The van der Waals surface area contributed by atoms with E-state index in [2.05, 4.69) is 5.32 Å².